The molecule has 1 aromatic rings. The van der Waals surface area contributed by atoms with Crippen molar-refractivity contribution in [3.05, 3.63) is 30.1 Å². The third-order valence-electron chi connectivity index (χ3n) is 3.37. The first-order valence-corrected chi connectivity index (χ1v) is 6.89. The van der Waals surface area contributed by atoms with E-state index >= 15 is 0 Å². The van der Waals surface area contributed by atoms with Crippen LogP contribution in [0.4, 0.5) is 0 Å². The van der Waals surface area contributed by atoms with Gasteiger partial charge in [0.25, 0.3) is 5.91 Å². The molecular weight excluding hydrogens is 274 g/mol. The van der Waals surface area contributed by atoms with Gasteiger partial charge in [-0.25, -0.2) is 4.79 Å². The van der Waals surface area contributed by atoms with Crippen LogP contribution in [0, 0.1) is 0 Å². The van der Waals surface area contributed by atoms with E-state index < -0.39 is 5.97 Å². The van der Waals surface area contributed by atoms with Crippen molar-refractivity contribution in [3.63, 3.8) is 0 Å². The zero-order valence-electron chi connectivity index (χ0n) is 11.8. The minimum atomic E-state index is -0.546. The topological polar surface area (TPSA) is 83.0 Å². The van der Waals surface area contributed by atoms with E-state index in [0.717, 1.165) is 13.1 Å². The molecule has 114 valence electrons. The third kappa shape index (κ3) is 4.51. The summed E-state index contributed by atoms with van der Waals surface area (Å²) >= 11 is 0. The molecule has 0 radical (unpaired) electrons. The van der Waals surface area contributed by atoms with Crippen LogP contribution in [0.5, 0.6) is 0 Å². The number of hydrogen-bond donors (Lipinski definition) is 1. The number of nitrogens with zero attached hydrogens (tertiary/aromatic N) is 3. The number of aliphatic hydroxyl groups is 1. The largest absolute Gasteiger partial charge is 0.452 e. The maximum Gasteiger partial charge on any atom is 0.340 e. The quantitative estimate of drug-likeness (QED) is 0.728. The molecule has 0 bridgehead atoms. The second-order valence-corrected chi connectivity index (χ2v) is 4.76. The van der Waals surface area contributed by atoms with Crippen LogP contribution < -0.4 is 0 Å². The first-order valence-electron chi connectivity index (χ1n) is 6.89. The van der Waals surface area contributed by atoms with Gasteiger partial charge in [-0.1, -0.05) is 0 Å². The Morgan fingerprint density at radius 1 is 1.29 bits per heavy atom. The Balaban J connectivity index is 1.74. The van der Waals surface area contributed by atoms with E-state index in [4.69, 9.17) is 9.84 Å². The Hall–Kier alpha value is -1.99. The Kier molecular flexibility index (Phi) is 5.65. The highest BCUT2D eigenvalue weighted by Gasteiger charge is 2.21. The van der Waals surface area contributed by atoms with E-state index in [-0.39, 0.29) is 19.1 Å². The summed E-state index contributed by atoms with van der Waals surface area (Å²) in [7, 11) is 0. The monoisotopic (exact) mass is 293 g/mol. The van der Waals surface area contributed by atoms with Crippen molar-refractivity contribution in [3.8, 4) is 0 Å². The summed E-state index contributed by atoms with van der Waals surface area (Å²) in [6.45, 7) is 3.11. The van der Waals surface area contributed by atoms with Crippen molar-refractivity contribution >= 4 is 11.9 Å². The van der Waals surface area contributed by atoms with Gasteiger partial charge < -0.3 is 14.7 Å². The highest BCUT2D eigenvalue weighted by molar-refractivity contribution is 5.90. The second kappa shape index (κ2) is 7.70. The van der Waals surface area contributed by atoms with Gasteiger partial charge >= 0.3 is 5.97 Å². The van der Waals surface area contributed by atoms with Crippen molar-refractivity contribution < 1.29 is 19.4 Å². The second-order valence-electron chi connectivity index (χ2n) is 4.76. The number of β-amino-alcohol motifs (C(OH)–C–C–N with tert-alkyl or cyclic N) is 1. The molecular formula is C14H19N3O4. The zero-order valence-corrected chi connectivity index (χ0v) is 11.8. The fraction of sp³-hybridized carbons (Fsp3) is 0.500. The number of carbonyl (C=O) groups excluding carboxylic acids is 2. The number of aliphatic hydroxyl groups excluding tert-OH is 1. The minimum Gasteiger partial charge on any atom is -0.452 e. The van der Waals surface area contributed by atoms with Crippen molar-refractivity contribution in [2.45, 2.75) is 0 Å². The molecule has 1 aliphatic heterocycles. The van der Waals surface area contributed by atoms with Crippen molar-refractivity contribution in [1.29, 1.82) is 0 Å². The van der Waals surface area contributed by atoms with E-state index in [1.807, 2.05) is 0 Å². The number of aromatic nitrogens is 1. The summed E-state index contributed by atoms with van der Waals surface area (Å²) in [4.78, 5) is 31.2. The van der Waals surface area contributed by atoms with Crippen molar-refractivity contribution in [2.24, 2.45) is 0 Å². The first kappa shape index (κ1) is 15.4. The molecule has 2 heterocycles. The van der Waals surface area contributed by atoms with Gasteiger partial charge in [0, 0.05) is 45.1 Å². The predicted octanol–water partition coefficient (Wildman–Crippen LogP) is -0.625. The lowest BCUT2D eigenvalue weighted by Gasteiger charge is -2.34. The summed E-state index contributed by atoms with van der Waals surface area (Å²) in [5, 5.41) is 8.86. The van der Waals surface area contributed by atoms with Crippen LogP contribution in [-0.4, -0.2) is 77.7 Å². The highest BCUT2D eigenvalue weighted by Crippen LogP contribution is 2.03. The van der Waals surface area contributed by atoms with Gasteiger partial charge in [0.2, 0.25) is 0 Å². The predicted molar refractivity (Wildman–Crippen MR) is 74.6 cm³/mol. The van der Waals surface area contributed by atoms with E-state index in [0.29, 0.717) is 25.2 Å². The Morgan fingerprint density at radius 2 is 2.05 bits per heavy atom. The minimum absolute atomic E-state index is 0.122. The maximum atomic E-state index is 12.0. The first-order chi connectivity index (χ1) is 10.2. The molecule has 1 saturated heterocycles. The molecule has 0 aliphatic carbocycles. The molecule has 0 unspecified atom stereocenters. The van der Waals surface area contributed by atoms with Gasteiger partial charge in [0.15, 0.2) is 6.61 Å². The van der Waals surface area contributed by atoms with Gasteiger partial charge in [0.1, 0.15) is 0 Å². The molecule has 1 aromatic heterocycles. The van der Waals surface area contributed by atoms with E-state index in [1.54, 1.807) is 23.2 Å². The lowest BCUT2D eigenvalue weighted by Crippen LogP contribution is -2.50. The number of amides is 1. The molecule has 21 heavy (non-hydrogen) atoms. The number of rotatable bonds is 5. The molecule has 2 rings (SSSR count). The Bertz CT molecular complexity index is 472. The summed E-state index contributed by atoms with van der Waals surface area (Å²) < 4.78 is 4.99. The van der Waals surface area contributed by atoms with Crippen molar-refractivity contribution in [2.75, 3.05) is 45.9 Å². The normalized spacial score (nSPS) is 15.8. The number of ether oxygens (including phenoxy) is 1. The molecule has 1 fully saturated rings. The summed E-state index contributed by atoms with van der Waals surface area (Å²) in [5.41, 5.74) is 0.332. The number of carbonyl (C=O) groups is 2. The maximum absolute atomic E-state index is 12.0. The number of pyridine rings is 1. The van der Waals surface area contributed by atoms with Crippen LogP contribution in [0.25, 0.3) is 0 Å². The molecule has 0 saturated carbocycles. The molecule has 0 spiro atoms. The van der Waals surface area contributed by atoms with Crippen LogP contribution in [0.1, 0.15) is 10.4 Å². The molecule has 0 aromatic carbocycles. The van der Waals surface area contributed by atoms with Crippen LogP contribution in [0.15, 0.2) is 24.5 Å². The molecule has 7 nitrogen and oxygen atoms in total. The van der Waals surface area contributed by atoms with Gasteiger partial charge in [-0.2, -0.15) is 0 Å². The summed E-state index contributed by atoms with van der Waals surface area (Å²) in [6.07, 6.45) is 2.97. The number of hydrogen-bond acceptors (Lipinski definition) is 6. The summed E-state index contributed by atoms with van der Waals surface area (Å²) in [5.74, 6) is -0.744. The number of esters is 1. The summed E-state index contributed by atoms with van der Waals surface area (Å²) in [6, 6.07) is 3.23. The van der Waals surface area contributed by atoms with Crippen LogP contribution in [0.3, 0.4) is 0 Å². The van der Waals surface area contributed by atoms with Gasteiger partial charge in [-0.05, 0) is 12.1 Å². The van der Waals surface area contributed by atoms with E-state index in [2.05, 4.69) is 9.88 Å². The van der Waals surface area contributed by atoms with Crippen molar-refractivity contribution in [1.82, 2.24) is 14.8 Å². The molecule has 1 N–H and O–H groups in total. The smallest absolute Gasteiger partial charge is 0.340 e. The highest BCUT2D eigenvalue weighted by atomic mass is 16.5. The molecule has 1 aliphatic rings. The molecule has 0 atom stereocenters. The van der Waals surface area contributed by atoms with Gasteiger partial charge in [-0.3, -0.25) is 14.7 Å². The van der Waals surface area contributed by atoms with E-state index in [9.17, 15) is 9.59 Å². The van der Waals surface area contributed by atoms with Gasteiger partial charge in [0.05, 0.1) is 12.2 Å². The SMILES string of the molecule is O=C(OCC(=O)N1CCN(CCO)CC1)c1cccnc1. The Labute approximate surface area is 123 Å². The fourth-order valence-electron chi connectivity index (χ4n) is 2.15. The standard InChI is InChI=1S/C14H19N3O4/c18-9-8-16-4-6-17(7-5-16)13(19)11-21-14(20)12-2-1-3-15-10-12/h1-3,10,18H,4-9,11H2. The molecule has 7 heteroatoms. The van der Waals surface area contributed by atoms with E-state index in [1.165, 1.54) is 6.20 Å². The fourth-order valence-corrected chi connectivity index (χ4v) is 2.15. The molecule has 1 amide bonds. The Morgan fingerprint density at radius 3 is 2.67 bits per heavy atom. The number of piperazine rings is 1. The third-order valence-corrected chi connectivity index (χ3v) is 3.37. The van der Waals surface area contributed by atoms with Crippen LogP contribution >= 0.6 is 0 Å². The van der Waals surface area contributed by atoms with Crippen LogP contribution in [0.2, 0.25) is 0 Å². The average Bonchev–Trinajstić information content (AvgIpc) is 2.54. The zero-order chi connectivity index (χ0) is 15.1. The van der Waals surface area contributed by atoms with Crippen LogP contribution in [-0.2, 0) is 9.53 Å². The lowest BCUT2D eigenvalue weighted by atomic mass is 10.3. The van der Waals surface area contributed by atoms with Gasteiger partial charge in [-0.15, -0.1) is 0 Å². The lowest BCUT2D eigenvalue weighted by molar-refractivity contribution is -0.136. The average molecular weight is 293 g/mol.